The summed E-state index contributed by atoms with van der Waals surface area (Å²) in [7, 11) is 3.40. The van der Waals surface area contributed by atoms with E-state index in [1.807, 2.05) is 69.4 Å². The van der Waals surface area contributed by atoms with Crippen molar-refractivity contribution in [1.29, 1.82) is 0 Å². The van der Waals surface area contributed by atoms with E-state index in [2.05, 4.69) is 16.8 Å². The normalized spacial score (nSPS) is 12.1. The first-order valence-electron chi connectivity index (χ1n) is 10.4. The molecule has 0 saturated heterocycles. The molecule has 0 fully saturated rings. The molecule has 0 amide bonds. The quantitative estimate of drug-likeness (QED) is 0.456. The van der Waals surface area contributed by atoms with E-state index >= 15 is 0 Å². The second-order valence-electron chi connectivity index (χ2n) is 7.83. The Balaban J connectivity index is 1.68. The lowest BCUT2D eigenvalue weighted by Gasteiger charge is -2.24. The standard InChI is InChI=1S/C25H30N2O4/c1-17-10-12-20(13-11-17)25-26-22(19(3)31-25)16-30-23-9-7-6-8-21(23)15-27(4)18(2)14-24(28)29-5/h6-13,18H,14-16H2,1-5H3/t18-/m0/s1. The average Bonchev–Trinajstić information content (AvgIpc) is 3.13. The number of rotatable bonds is 9. The van der Waals surface area contributed by atoms with Gasteiger partial charge in [0, 0.05) is 23.7 Å². The minimum Gasteiger partial charge on any atom is -0.487 e. The maximum atomic E-state index is 11.6. The molecule has 0 unspecified atom stereocenters. The van der Waals surface area contributed by atoms with Gasteiger partial charge in [0.15, 0.2) is 0 Å². The highest BCUT2D eigenvalue weighted by Gasteiger charge is 2.17. The molecule has 164 valence electrons. The molecule has 0 aliphatic rings. The predicted molar refractivity (Wildman–Crippen MR) is 120 cm³/mol. The maximum Gasteiger partial charge on any atom is 0.307 e. The van der Waals surface area contributed by atoms with Crippen LogP contribution in [0.1, 0.15) is 35.9 Å². The zero-order chi connectivity index (χ0) is 22.4. The molecule has 0 saturated carbocycles. The number of para-hydroxylation sites is 1. The number of aryl methyl sites for hydroxylation is 2. The molecule has 2 aromatic carbocycles. The van der Waals surface area contributed by atoms with E-state index in [4.69, 9.17) is 13.9 Å². The van der Waals surface area contributed by atoms with Crippen molar-refractivity contribution < 1.29 is 18.7 Å². The fourth-order valence-corrected chi connectivity index (χ4v) is 3.21. The monoisotopic (exact) mass is 422 g/mol. The van der Waals surface area contributed by atoms with Crippen LogP contribution >= 0.6 is 0 Å². The summed E-state index contributed by atoms with van der Waals surface area (Å²) in [5.41, 5.74) is 3.96. The van der Waals surface area contributed by atoms with E-state index in [1.54, 1.807) is 0 Å². The number of methoxy groups -OCH3 is 1. The van der Waals surface area contributed by atoms with E-state index in [9.17, 15) is 4.79 Å². The van der Waals surface area contributed by atoms with Crippen LogP contribution < -0.4 is 4.74 Å². The average molecular weight is 423 g/mol. The largest absolute Gasteiger partial charge is 0.487 e. The third-order valence-corrected chi connectivity index (χ3v) is 5.39. The van der Waals surface area contributed by atoms with Crippen molar-refractivity contribution in [1.82, 2.24) is 9.88 Å². The first kappa shape index (κ1) is 22.6. The summed E-state index contributed by atoms with van der Waals surface area (Å²) in [6.07, 6.45) is 0.343. The number of aromatic nitrogens is 1. The zero-order valence-corrected chi connectivity index (χ0v) is 18.8. The van der Waals surface area contributed by atoms with Crippen LogP contribution in [-0.4, -0.2) is 36.1 Å². The van der Waals surface area contributed by atoms with Gasteiger partial charge in [-0.05, 0) is 46.0 Å². The molecular formula is C25H30N2O4. The van der Waals surface area contributed by atoms with E-state index in [0.29, 0.717) is 25.5 Å². The van der Waals surface area contributed by atoms with Crippen LogP contribution in [0.5, 0.6) is 5.75 Å². The van der Waals surface area contributed by atoms with Crippen molar-refractivity contribution in [2.75, 3.05) is 14.2 Å². The summed E-state index contributed by atoms with van der Waals surface area (Å²) >= 11 is 0. The van der Waals surface area contributed by atoms with Crippen molar-refractivity contribution in [2.45, 2.75) is 46.4 Å². The highest BCUT2D eigenvalue weighted by atomic mass is 16.5. The lowest BCUT2D eigenvalue weighted by molar-refractivity contribution is -0.141. The van der Waals surface area contributed by atoms with Gasteiger partial charge < -0.3 is 13.9 Å². The Hall–Kier alpha value is -3.12. The minimum atomic E-state index is -0.213. The molecule has 3 aromatic rings. The highest BCUT2D eigenvalue weighted by molar-refractivity contribution is 5.69. The number of carbonyl (C=O) groups is 1. The van der Waals surface area contributed by atoms with Crippen LogP contribution in [0.15, 0.2) is 52.9 Å². The third-order valence-electron chi connectivity index (χ3n) is 5.39. The summed E-state index contributed by atoms with van der Waals surface area (Å²) in [5.74, 6) is 1.92. The van der Waals surface area contributed by atoms with E-state index in [-0.39, 0.29) is 12.0 Å². The molecule has 3 rings (SSSR count). The molecule has 0 bridgehead atoms. The summed E-state index contributed by atoms with van der Waals surface area (Å²) in [6.45, 7) is 6.93. The Labute approximate surface area is 183 Å². The van der Waals surface area contributed by atoms with Gasteiger partial charge in [-0.15, -0.1) is 0 Å². The number of nitrogens with zero attached hydrogens (tertiary/aromatic N) is 2. The van der Waals surface area contributed by atoms with Gasteiger partial charge in [-0.1, -0.05) is 35.9 Å². The van der Waals surface area contributed by atoms with Crippen LogP contribution in [0.3, 0.4) is 0 Å². The van der Waals surface area contributed by atoms with Crippen molar-refractivity contribution in [3.63, 3.8) is 0 Å². The highest BCUT2D eigenvalue weighted by Crippen LogP contribution is 2.25. The van der Waals surface area contributed by atoms with Gasteiger partial charge in [-0.2, -0.15) is 0 Å². The molecule has 0 aliphatic heterocycles. The van der Waals surface area contributed by atoms with Crippen molar-refractivity contribution in [3.05, 3.63) is 71.1 Å². The molecule has 0 aliphatic carbocycles. The summed E-state index contributed by atoms with van der Waals surface area (Å²) in [5, 5.41) is 0. The number of ether oxygens (including phenoxy) is 2. The Morgan fingerprint density at radius 1 is 1.13 bits per heavy atom. The van der Waals surface area contributed by atoms with Gasteiger partial charge in [0.1, 0.15) is 23.8 Å². The number of hydrogen-bond donors (Lipinski definition) is 0. The Kier molecular flexibility index (Phi) is 7.47. The molecular weight excluding hydrogens is 392 g/mol. The van der Waals surface area contributed by atoms with E-state index < -0.39 is 0 Å². The molecule has 1 aromatic heterocycles. The van der Waals surface area contributed by atoms with Crippen LogP contribution in [0.4, 0.5) is 0 Å². The second kappa shape index (κ2) is 10.3. The summed E-state index contributed by atoms with van der Waals surface area (Å²) in [6, 6.07) is 16.1. The molecule has 0 spiro atoms. The van der Waals surface area contributed by atoms with Gasteiger partial charge in [0.25, 0.3) is 0 Å². The first-order chi connectivity index (χ1) is 14.9. The third kappa shape index (κ3) is 5.95. The van der Waals surface area contributed by atoms with Gasteiger partial charge in [-0.25, -0.2) is 4.98 Å². The second-order valence-corrected chi connectivity index (χ2v) is 7.83. The van der Waals surface area contributed by atoms with Crippen LogP contribution in [0, 0.1) is 13.8 Å². The SMILES string of the molecule is COC(=O)C[C@H](C)N(C)Cc1ccccc1OCc1nc(-c2ccc(C)cc2)oc1C. The molecule has 31 heavy (non-hydrogen) atoms. The molecule has 6 heteroatoms. The van der Waals surface area contributed by atoms with Gasteiger partial charge in [-0.3, -0.25) is 9.69 Å². The molecule has 0 N–H and O–H groups in total. The topological polar surface area (TPSA) is 64.8 Å². The Bertz CT molecular complexity index is 1010. The number of benzene rings is 2. The number of carbonyl (C=O) groups excluding carboxylic acids is 1. The van der Waals surface area contributed by atoms with E-state index in [0.717, 1.165) is 28.3 Å². The predicted octanol–water partition coefficient (Wildman–Crippen LogP) is 4.92. The Morgan fingerprint density at radius 3 is 2.55 bits per heavy atom. The molecule has 1 atom stereocenters. The fourth-order valence-electron chi connectivity index (χ4n) is 3.21. The number of hydrogen-bond acceptors (Lipinski definition) is 6. The van der Waals surface area contributed by atoms with Gasteiger partial charge in [0.2, 0.25) is 5.89 Å². The fraction of sp³-hybridized carbons (Fsp3) is 0.360. The Morgan fingerprint density at radius 2 is 1.84 bits per heavy atom. The number of oxazole rings is 1. The van der Waals surface area contributed by atoms with Crippen molar-refractivity contribution in [2.24, 2.45) is 0 Å². The number of esters is 1. The lowest BCUT2D eigenvalue weighted by atomic mass is 10.1. The lowest BCUT2D eigenvalue weighted by Crippen LogP contribution is -2.31. The van der Waals surface area contributed by atoms with Crippen LogP contribution in [0.2, 0.25) is 0 Å². The maximum absolute atomic E-state index is 11.6. The summed E-state index contributed by atoms with van der Waals surface area (Å²) < 4.78 is 16.8. The molecule has 1 heterocycles. The zero-order valence-electron chi connectivity index (χ0n) is 18.8. The van der Waals surface area contributed by atoms with Crippen LogP contribution in [-0.2, 0) is 22.7 Å². The molecule has 6 nitrogen and oxygen atoms in total. The minimum absolute atomic E-state index is 0.0513. The van der Waals surface area contributed by atoms with Gasteiger partial charge >= 0.3 is 5.97 Å². The van der Waals surface area contributed by atoms with Crippen LogP contribution in [0.25, 0.3) is 11.5 Å². The first-order valence-corrected chi connectivity index (χ1v) is 10.4. The van der Waals surface area contributed by atoms with Crippen molar-refractivity contribution >= 4 is 5.97 Å². The molecule has 0 radical (unpaired) electrons. The summed E-state index contributed by atoms with van der Waals surface area (Å²) in [4.78, 5) is 18.3. The smallest absolute Gasteiger partial charge is 0.307 e. The van der Waals surface area contributed by atoms with Gasteiger partial charge in [0.05, 0.1) is 13.5 Å². The van der Waals surface area contributed by atoms with Crippen molar-refractivity contribution in [3.8, 4) is 17.2 Å². The van der Waals surface area contributed by atoms with E-state index in [1.165, 1.54) is 12.7 Å².